The van der Waals surface area contributed by atoms with Crippen LogP contribution in [-0.4, -0.2) is 21.6 Å². The molecule has 0 fully saturated rings. The van der Waals surface area contributed by atoms with Crippen LogP contribution in [0.3, 0.4) is 0 Å². The molecule has 23 heavy (non-hydrogen) atoms. The van der Waals surface area contributed by atoms with Gasteiger partial charge in [0.1, 0.15) is 4.49 Å². The van der Waals surface area contributed by atoms with E-state index < -0.39 is 27.5 Å². The third kappa shape index (κ3) is 5.48. The summed E-state index contributed by atoms with van der Waals surface area (Å²) in [7, 11) is -8.04. The van der Waals surface area contributed by atoms with Crippen molar-refractivity contribution in [2.24, 2.45) is 0 Å². The number of hydrogen-bond acceptors (Lipinski definition) is 5. The molecule has 0 aliphatic carbocycles. The van der Waals surface area contributed by atoms with Gasteiger partial charge in [0.25, 0.3) is 10.0 Å². The van der Waals surface area contributed by atoms with Crippen LogP contribution in [0.4, 0.5) is 0 Å². The number of benzene rings is 1. The molecule has 0 amide bonds. The first-order chi connectivity index (χ1) is 10.7. The van der Waals surface area contributed by atoms with E-state index in [1.165, 1.54) is 12.1 Å². The van der Waals surface area contributed by atoms with Crippen molar-refractivity contribution >= 4 is 40.8 Å². The van der Waals surface area contributed by atoms with E-state index in [4.69, 9.17) is 32.2 Å². The molecule has 0 saturated carbocycles. The molecule has 1 rings (SSSR count). The number of rotatable bonds is 8. The highest BCUT2D eigenvalue weighted by Gasteiger charge is 2.35. The second-order valence-corrected chi connectivity index (χ2v) is 8.95. The maximum Gasteiger partial charge on any atom is 0.380 e. The summed E-state index contributed by atoms with van der Waals surface area (Å²) in [6, 6.07) is 6.07. The van der Waals surface area contributed by atoms with Crippen LogP contribution >= 0.6 is 30.8 Å². The molecule has 10 heteroatoms. The molecule has 0 aliphatic rings. The van der Waals surface area contributed by atoms with Gasteiger partial charge in [-0.05, 0) is 32.9 Å². The predicted molar refractivity (Wildman–Crippen MR) is 91.1 cm³/mol. The summed E-state index contributed by atoms with van der Waals surface area (Å²) < 4.78 is 49.3. The number of nitrogens with one attached hydrogen (secondary N) is 1. The molecular formula is C13H18Cl2NO5PS. The molecule has 0 aromatic heterocycles. The van der Waals surface area contributed by atoms with Crippen LogP contribution in [0, 0.1) is 6.92 Å². The average Bonchev–Trinajstić information content (AvgIpc) is 2.45. The number of sulfonamides is 1. The minimum absolute atomic E-state index is 0.0219. The molecule has 0 unspecified atom stereocenters. The highest BCUT2D eigenvalue weighted by atomic mass is 35.5. The molecule has 0 bridgehead atoms. The van der Waals surface area contributed by atoms with Gasteiger partial charge in [-0.25, -0.2) is 8.42 Å². The zero-order valence-electron chi connectivity index (χ0n) is 12.9. The Morgan fingerprint density at radius 3 is 2.00 bits per heavy atom. The molecule has 0 radical (unpaired) electrons. The van der Waals surface area contributed by atoms with Crippen molar-refractivity contribution in [3.63, 3.8) is 0 Å². The fourth-order valence-electron chi connectivity index (χ4n) is 1.61. The van der Waals surface area contributed by atoms with Crippen molar-refractivity contribution in [3.05, 3.63) is 39.8 Å². The minimum Gasteiger partial charge on any atom is -0.304 e. The lowest BCUT2D eigenvalue weighted by molar-refractivity contribution is 0.225. The number of halogens is 2. The Morgan fingerprint density at radius 1 is 1.13 bits per heavy atom. The van der Waals surface area contributed by atoms with Crippen molar-refractivity contribution in [2.45, 2.75) is 25.7 Å². The summed E-state index contributed by atoms with van der Waals surface area (Å²) in [4.78, 5) is -0.0327. The Hall–Kier alpha value is -0.560. The van der Waals surface area contributed by atoms with Gasteiger partial charge < -0.3 is 9.05 Å². The third-order valence-electron chi connectivity index (χ3n) is 2.61. The Balaban J connectivity index is 3.26. The largest absolute Gasteiger partial charge is 0.380 e. The SMILES string of the molecule is CCOP(=O)(OCC)C(NS(=O)(=O)c1ccc(C)cc1)=C(Cl)Cl. The third-order valence-corrected chi connectivity index (χ3v) is 6.85. The molecule has 1 N–H and O–H groups in total. The zero-order valence-corrected chi connectivity index (χ0v) is 16.1. The van der Waals surface area contributed by atoms with E-state index in [2.05, 4.69) is 4.72 Å². The van der Waals surface area contributed by atoms with Gasteiger partial charge in [-0.3, -0.25) is 9.29 Å². The fraction of sp³-hybridized carbons (Fsp3) is 0.385. The summed E-state index contributed by atoms with van der Waals surface area (Å²) in [5.74, 6) is 0. The maximum atomic E-state index is 12.7. The second-order valence-electron chi connectivity index (χ2n) is 4.36. The number of aryl methyl sites for hydroxylation is 1. The van der Waals surface area contributed by atoms with Crippen LogP contribution in [-0.2, 0) is 23.6 Å². The first-order valence-corrected chi connectivity index (χ1v) is 10.5. The van der Waals surface area contributed by atoms with E-state index in [9.17, 15) is 13.0 Å². The van der Waals surface area contributed by atoms with Gasteiger partial charge in [-0.1, -0.05) is 40.9 Å². The Labute approximate surface area is 146 Å². The standard InChI is InChI=1S/C13H18Cl2NO5PS/c1-4-20-22(17,21-5-2)13(12(14)15)16-23(18,19)11-8-6-10(3)7-9-11/h6-9,16H,4-5H2,1-3H3. The second kappa shape index (κ2) is 8.51. The molecule has 6 nitrogen and oxygen atoms in total. The van der Waals surface area contributed by atoms with Crippen LogP contribution in [0.15, 0.2) is 39.1 Å². The van der Waals surface area contributed by atoms with Crippen molar-refractivity contribution in [2.75, 3.05) is 13.2 Å². The molecule has 0 heterocycles. The van der Waals surface area contributed by atoms with E-state index >= 15 is 0 Å². The molecule has 1 aromatic carbocycles. The smallest absolute Gasteiger partial charge is 0.304 e. The fourth-order valence-corrected chi connectivity index (χ4v) is 5.43. The van der Waals surface area contributed by atoms with E-state index in [1.54, 1.807) is 26.0 Å². The highest BCUT2D eigenvalue weighted by Crippen LogP contribution is 2.57. The van der Waals surface area contributed by atoms with Gasteiger partial charge in [0.05, 0.1) is 18.1 Å². The lowest BCUT2D eigenvalue weighted by Gasteiger charge is -2.21. The van der Waals surface area contributed by atoms with Crippen LogP contribution in [0.25, 0.3) is 0 Å². The van der Waals surface area contributed by atoms with Crippen LogP contribution in [0.2, 0.25) is 0 Å². The lowest BCUT2D eigenvalue weighted by atomic mass is 10.2. The van der Waals surface area contributed by atoms with Crippen LogP contribution in [0.5, 0.6) is 0 Å². The average molecular weight is 402 g/mol. The van der Waals surface area contributed by atoms with Crippen molar-refractivity contribution in [1.82, 2.24) is 4.72 Å². The van der Waals surface area contributed by atoms with Crippen molar-refractivity contribution < 1.29 is 22.0 Å². The normalized spacial score (nSPS) is 12.0. The molecule has 0 atom stereocenters. The van der Waals surface area contributed by atoms with E-state index in [0.717, 1.165) is 5.56 Å². The molecule has 0 saturated heterocycles. The highest BCUT2D eigenvalue weighted by molar-refractivity contribution is 7.90. The van der Waals surface area contributed by atoms with Crippen LogP contribution < -0.4 is 4.72 Å². The summed E-state index contributed by atoms with van der Waals surface area (Å²) in [6.07, 6.45) is 0. The van der Waals surface area contributed by atoms with E-state index in [0.29, 0.717) is 0 Å². The van der Waals surface area contributed by atoms with Gasteiger partial charge in [0.2, 0.25) is 0 Å². The van der Waals surface area contributed by atoms with E-state index in [1.807, 2.05) is 6.92 Å². The first kappa shape index (κ1) is 20.5. The minimum atomic E-state index is -4.05. The molecule has 0 spiro atoms. The lowest BCUT2D eigenvalue weighted by Crippen LogP contribution is -2.25. The summed E-state index contributed by atoms with van der Waals surface area (Å²) in [6.45, 7) is 5.03. The predicted octanol–water partition coefficient (Wildman–Crippen LogP) is 4.14. The molecule has 0 aliphatic heterocycles. The maximum absolute atomic E-state index is 12.7. The van der Waals surface area contributed by atoms with Gasteiger partial charge in [0, 0.05) is 0 Å². The topological polar surface area (TPSA) is 81.7 Å². The van der Waals surface area contributed by atoms with Gasteiger partial charge in [-0.2, -0.15) is 0 Å². The summed E-state index contributed by atoms with van der Waals surface area (Å²) >= 11 is 11.4. The van der Waals surface area contributed by atoms with Gasteiger partial charge >= 0.3 is 7.60 Å². The molecular weight excluding hydrogens is 384 g/mol. The summed E-state index contributed by atoms with van der Waals surface area (Å²) in [5.41, 5.74) is 0.384. The monoisotopic (exact) mass is 401 g/mol. The Bertz CT molecular complexity index is 704. The van der Waals surface area contributed by atoms with Crippen molar-refractivity contribution in [1.29, 1.82) is 0 Å². The Morgan fingerprint density at radius 2 is 1.61 bits per heavy atom. The quantitative estimate of drug-likeness (QED) is 0.661. The number of hydrogen-bond donors (Lipinski definition) is 1. The van der Waals surface area contributed by atoms with Crippen LogP contribution in [0.1, 0.15) is 19.4 Å². The van der Waals surface area contributed by atoms with Gasteiger partial charge in [0.15, 0.2) is 5.44 Å². The van der Waals surface area contributed by atoms with Crippen molar-refractivity contribution in [3.8, 4) is 0 Å². The molecule has 130 valence electrons. The first-order valence-electron chi connectivity index (χ1n) is 6.70. The molecule has 1 aromatic rings. The summed E-state index contributed by atoms with van der Waals surface area (Å²) in [5, 5.41) is 0. The zero-order chi connectivity index (χ0) is 17.7. The van der Waals surface area contributed by atoms with Gasteiger partial charge in [-0.15, -0.1) is 0 Å². The Kier molecular flexibility index (Phi) is 7.58. The van der Waals surface area contributed by atoms with E-state index in [-0.39, 0.29) is 18.1 Å².